The zero-order chi connectivity index (χ0) is 19.3. The van der Waals surface area contributed by atoms with Gasteiger partial charge in [-0.2, -0.15) is 0 Å². The average Bonchev–Trinajstić information content (AvgIpc) is 2.62. The Morgan fingerprint density at radius 3 is 1.46 bits per heavy atom. The fourth-order valence-electron chi connectivity index (χ4n) is 4.41. The molecule has 1 fully saturated rings. The van der Waals surface area contributed by atoms with E-state index in [1.165, 1.54) is 110 Å². The van der Waals surface area contributed by atoms with Crippen LogP contribution in [0.2, 0.25) is 0 Å². The van der Waals surface area contributed by atoms with Crippen LogP contribution in [0.4, 0.5) is 0 Å². The molecule has 0 aliphatic carbocycles. The zero-order valence-electron chi connectivity index (χ0n) is 19.0. The second kappa shape index (κ2) is 14.0. The third-order valence-corrected chi connectivity index (χ3v) is 6.31. The Labute approximate surface area is 166 Å². The summed E-state index contributed by atoms with van der Waals surface area (Å²) in [6.45, 7) is 16.8. The largest absolute Gasteiger partial charge is 0.298 e. The summed E-state index contributed by atoms with van der Waals surface area (Å²) in [4.78, 5) is 5.51. The smallest absolute Gasteiger partial charge is 0.0126 e. The van der Waals surface area contributed by atoms with Gasteiger partial charge in [-0.3, -0.25) is 9.80 Å². The van der Waals surface area contributed by atoms with Gasteiger partial charge in [0.05, 0.1) is 0 Å². The fraction of sp³-hybridized carbons (Fsp3) is 1.00. The number of nitrogens with zero attached hydrogens (tertiary/aromatic N) is 2. The molecule has 0 bridgehead atoms. The standard InChI is InChI=1S/C24H50N2/c1-6-8-10-12-14-16-18-23(17-15-13-11-9-7-2)25-19-21-26(22-20-25)24(3,4)5/h23H,6-22H2,1-5H3. The molecule has 26 heavy (non-hydrogen) atoms. The molecule has 2 nitrogen and oxygen atoms in total. The number of rotatable bonds is 14. The van der Waals surface area contributed by atoms with Gasteiger partial charge >= 0.3 is 0 Å². The molecule has 0 radical (unpaired) electrons. The molecule has 2 heteroatoms. The lowest BCUT2D eigenvalue weighted by Gasteiger charge is -2.45. The summed E-state index contributed by atoms with van der Waals surface area (Å²) in [5.41, 5.74) is 0.334. The highest BCUT2D eigenvalue weighted by atomic mass is 15.3. The molecular formula is C24H50N2. The van der Waals surface area contributed by atoms with E-state index in [-0.39, 0.29) is 0 Å². The number of hydrogen-bond donors (Lipinski definition) is 0. The molecule has 1 rings (SSSR count). The molecule has 0 saturated carbocycles. The first kappa shape index (κ1) is 24.0. The topological polar surface area (TPSA) is 6.48 Å². The van der Waals surface area contributed by atoms with Crippen molar-refractivity contribution in [1.82, 2.24) is 9.80 Å². The molecule has 0 spiro atoms. The van der Waals surface area contributed by atoms with Crippen molar-refractivity contribution >= 4 is 0 Å². The van der Waals surface area contributed by atoms with Crippen molar-refractivity contribution in [2.24, 2.45) is 0 Å². The average molecular weight is 367 g/mol. The van der Waals surface area contributed by atoms with E-state index in [0.717, 1.165) is 6.04 Å². The monoisotopic (exact) mass is 366 g/mol. The Morgan fingerprint density at radius 1 is 0.615 bits per heavy atom. The van der Waals surface area contributed by atoms with Gasteiger partial charge in [0, 0.05) is 37.8 Å². The summed E-state index contributed by atoms with van der Waals surface area (Å²) < 4.78 is 0. The Hall–Kier alpha value is -0.0800. The third kappa shape index (κ3) is 10.3. The van der Waals surface area contributed by atoms with E-state index in [9.17, 15) is 0 Å². The van der Waals surface area contributed by atoms with Crippen LogP contribution in [0.5, 0.6) is 0 Å². The lowest BCUT2D eigenvalue weighted by molar-refractivity contribution is 0.0368. The summed E-state index contributed by atoms with van der Waals surface area (Å²) >= 11 is 0. The first-order valence-corrected chi connectivity index (χ1v) is 12.0. The van der Waals surface area contributed by atoms with Crippen LogP contribution in [-0.4, -0.2) is 47.6 Å². The predicted octanol–water partition coefficient (Wildman–Crippen LogP) is 6.88. The van der Waals surface area contributed by atoms with Gasteiger partial charge in [-0.1, -0.05) is 84.5 Å². The van der Waals surface area contributed by atoms with Crippen LogP contribution in [-0.2, 0) is 0 Å². The normalized spacial score (nSPS) is 18.3. The molecule has 0 aromatic carbocycles. The SMILES string of the molecule is CCCCCCCCC(CCCCCCC)N1CCN(C(C)(C)C)CC1. The van der Waals surface area contributed by atoms with Gasteiger partial charge in [-0.15, -0.1) is 0 Å². The van der Waals surface area contributed by atoms with Crippen LogP contribution in [0, 0.1) is 0 Å². The van der Waals surface area contributed by atoms with Crippen molar-refractivity contribution in [3.63, 3.8) is 0 Å². The second-order valence-electron chi connectivity index (χ2n) is 9.61. The maximum atomic E-state index is 2.84. The van der Waals surface area contributed by atoms with Crippen LogP contribution >= 0.6 is 0 Å². The Bertz CT molecular complexity index is 313. The van der Waals surface area contributed by atoms with E-state index in [1.54, 1.807) is 0 Å². The summed E-state index contributed by atoms with van der Waals surface area (Å²) in [5.74, 6) is 0. The summed E-state index contributed by atoms with van der Waals surface area (Å²) in [7, 11) is 0. The van der Waals surface area contributed by atoms with E-state index in [0.29, 0.717) is 5.54 Å². The van der Waals surface area contributed by atoms with Crippen LogP contribution in [0.15, 0.2) is 0 Å². The number of piperazine rings is 1. The van der Waals surface area contributed by atoms with Crippen molar-refractivity contribution in [2.75, 3.05) is 26.2 Å². The molecular weight excluding hydrogens is 316 g/mol. The lowest BCUT2D eigenvalue weighted by Crippen LogP contribution is -2.55. The fourth-order valence-corrected chi connectivity index (χ4v) is 4.41. The van der Waals surface area contributed by atoms with Gasteiger partial charge in [0.2, 0.25) is 0 Å². The maximum absolute atomic E-state index is 2.84. The maximum Gasteiger partial charge on any atom is 0.0126 e. The van der Waals surface area contributed by atoms with Gasteiger partial charge in [-0.05, 0) is 33.6 Å². The van der Waals surface area contributed by atoms with Crippen LogP contribution in [0.3, 0.4) is 0 Å². The van der Waals surface area contributed by atoms with Crippen LogP contribution in [0.1, 0.15) is 118 Å². The lowest BCUT2D eigenvalue weighted by atomic mass is 9.97. The Kier molecular flexibility index (Phi) is 12.9. The van der Waals surface area contributed by atoms with E-state index in [4.69, 9.17) is 0 Å². The van der Waals surface area contributed by atoms with Crippen LogP contribution in [0.25, 0.3) is 0 Å². The molecule has 0 aromatic rings. The molecule has 0 N–H and O–H groups in total. The molecule has 1 unspecified atom stereocenters. The molecule has 156 valence electrons. The summed E-state index contributed by atoms with van der Waals surface area (Å²) in [6.07, 6.45) is 18.6. The third-order valence-electron chi connectivity index (χ3n) is 6.31. The molecule has 1 aliphatic heterocycles. The second-order valence-corrected chi connectivity index (χ2v) is 9.61. The predicted molar refractivity (Wildman–Crippen MR) is 118 cm³/mol. The first-order chi connectivity index (χ1) is 12.5. The number of unbranched alkanes of at least 4 members (excludes halogenated alkanes) is 9. The summed E-state index contributed by atoms with van der Waals surface area (Å²) in [6, 6.07) is 0.852. The quantitative estimate of drug-likeness (QED) is 0.309. The zero-order valence-corrected chi connectivity index (χ0v) is 19.0. The summed E-state index contributed by atoms with van der Waals surface area (Å²) in [5, 5.41) is 0. The Morgan fingerprint density at radius 2 is 1.04 bits per heavy atom. The van der Waals surface area contributed by atoms with Crippen molar-refractivity contribution in [2.45, 2.75) is 130 Å². The number of hydrogen-bond acceptors (Lipinski definition) is 2. The van der Waals surface area contributed by atoms with Crippen molar-refractivity contribution in [3.05, 3.63) is 0 Å². The van der Waals surface area contributed by atoms with E-state index in [1.807, 2.05) is 0 Å². The minimum atomic E-state index is 0.334. The van der Waals surface area contributed by atoms with Gasteiger partial charge in [0.1, 0.15) is 0 Å². The molecule has 0 amide bonds. The Balaban J connectivity index is 2.36. The van der Waals surface area contributed by atoms with E-state index >= 15 is 0 Å². The molecule has 0 aromatic heterocycles. The minimum Gasteiger partial charge on any atom is -0.298 e. The van der Waals surface area contributed by atoms with Gasteiger partial charge in [0.15, 0.2) is 0 Å². The van der Waals surface area contributed by atoms with Gasteiger partial charge < -0.3 is 0 Å². The van der Waals surface area contributed by atoms with Crippen LogP contribution < -0.4 is 0 Å². The van der Waals surface area contributed by atoms with Crippen molar-refractivity contribution in [3.8, 4) is 0 Å². The van der Waals surface area contributed by atoms with Gasteiger partial charge in [0.25, 0.3) is 0 Å². The van der Waals surface area contributed by atoms with E-state index in [2.05, 4.69) is 44.4 Å². The molecule has 1 saturated heterocycles. The van der Waals surface area contributed by atoms with Crippen molar-refractivity contribution in [1.29, 1.82) is 0 Å². The highest BCUT2D eigenvalue weighted by Crippen LogP contribution is 2.22. The highest BCUT2D eigenvalue weighted by Gasteiger charge is 2.28. The van der Waals surface area contributed by atoms with Gasteiger partial charge in [-0.25, -0.2) is 0 Å². The minimum absolute atomic E-state index is 0.334. The molecule has 1 atom stereocenters. The van der Waals surface area contributed by atoms with E-state index < -0.39 is 0 Å². The highest BCUT2D eigenvalue weighted by molar-refractivity contribution is 4.84. The molecule has 1 aliphatic rings. The molecule has 1 heterocycles. The van der Waals surface area contributed by atoms with Crippen molar-refractivity contribution < 1.29 is 0 Å². The first-order valence-electron chi connectivity index (χ1n) is 12.0.